The van der Waals surface area contributed by atoms with Crippen molar-refractivity contribution in [2.45, 2.75) is 0 Å². The Morgan fingerprint density at radius 3 is 1.36 bits per heavy atom. The van der Waals surface area contributed by atoms with Gasteiger partial charge in [-0.15, -0.1) is 0 Å². The number of nitrogens with one attached hydrogen (secondary N) is 2. The first-order valence-corrected chi connectivity index (χ1v) is 20.6. The van der Waals surface area contributed by atoms with Crippen LogP contribution < -0.4 is 5.32 Å². The van der Waals surface area contributed by atoms with Crippen molar-refractivity contribution in [1.29, 1.82) is 5.41 Å². The topological polar surface area (TPSA) is 48.8 Å². The summed E-state index contributed by atoms with van der Waals surface area (Å²) in [6, 6.07) is 80.2. The van der Waals surface area contributed by atoms with E-state index in [2.05, 4.69) is 175 Å². The second-order valence-corrected chi connectivity index (χ2v) is 15.2. The van der Waals surface area contributed by atoms with Gasteiger partial charge in [0.15, 0.2) is 0 Å². The third-order valence-corrected chi connectivity index (χ3v) is 11.3. The maximum atomic E-state index is 9.57. The first kappa shape index (κ1) is 37.2. The quantitative estimate of drug-likeness (QED) is 0.143. The number of allylic oxidation sites excluding steroid dienone is 1. The maximum absolute atomic E-state index is 9.57. The van der Waals surface area contributed by atoms with E-state index < -0.39 is 0 Å². The lowest BCUT2D eigenvalue weighted by atomic mass is 9.87. The predicted molar refractivity (Wildman–Crippen MR) is 255 cm³/mol. The molecule has 288 valence electrons. The summed E-state index contributed by atoms with van der Waals surface area (Å²) < 4.78 is 0. The van der Waals surface area contributed by atoms with Crippen molar-refractivity contribution >= 4 is 28.8 Å². The van der Waals surface area contributed by atoms with Crippen LogP contribution in [0.3, 0.4) is 0 Å². The minimum atomic E-state index is 0.468. The summed E-state index contributed by atoms with van der Waals surface area (Å²) in [7, 11) is 0. The summed E-state index contributed by atoms with van der Waals surface area (Å²) in [6.45, 7) is 0. The van der Waals surface area contributed by atoms with Gasteiger partial charge in [-0.25, -0.2) is 4.98 Å². The standard InChI is InChI=1S/C58H41N3/c59-57(46-25-14-5-15-26-46)56(45-23-12-4-13-24-45)58-52-34-33-49(36-51(52)39-55(61-58)44-21-10-3-11-22-44)41-31-29-40(30-32-41)47-27-16-28-48(35-47)50-37-53(42-17-6-1-7-18-42)60-54(38-50)43-19-8-2-9-20-43/h1-39,59,61H/b58-56-,59-57?. The molecule has 0 unspecified atom stereocenters. The molecule has 0 spiro atoms. The van der Waals surface area contributed by atoms with E-state index in [9.17, 15) is 5.41 Å². The highest BCUT2D eigenvalue weighted by Crippen LogP contribution is 2.39. The van der Waals surface area contributed by atoms with Gasteiger partial charge in [0, 0.05) is 33.5 Å². The van der Waals surface area contributed by atoms with Gasteiger partial charge in [-0.1, -0.05) is 206 Å². The highest BCUT2D eigenvalue weighted by molar-refractivity contribution is 6.36. The second kappa shape index (κ2) is 16.6. The summed E-state index contributed by atoms with van der Waals surface area (Å²) >= 11 is 0. The molecular weight excluding hydrogens is 739 g/mol. The van der Waals surface area contributed by atoms with Crippen molar-refractivity contribution in [1.82, 2.24) is 10.3 Å². The first-order chi connectivity index (χ1) is 30.1. The Balaban J connectivity index is 1.02. The van der Waals surface area contributed by atoms with Gasteiger partial charge in [-0.05, 0) is 80.4 Å². The molecule has 3 nitrogen and oxygen atoms in total. The van der Waals surface area contributed by atoms with Crippen LogP contribution in [0, 0.1) is 5.41 Å². The molecule has 0 saturated carbocycles. The number of nitrogens with zero attached hydrogens (tertiary/aromatic N) is 1. The summed E-state index contributed by atoms with van der Waals surface area (Å²) in [5, 5.41) is 13.4. The normalized spacial score (nSPS) is 12.8. The Bertz CT molecular complexity index is 3000. The minimum absolute atomic E-state index is 0.468. The third kappa shape index (κ3) is 7.76. The van der Waals surface area contributed by atoms with Crippen LogP contribution in [0.2, 0.25) is 0 Å². The molecule has 0 bridgehead atoms. The highest BCUT2D eigenvalue weighted by atomic mass is 14.9. The largest absolute Gasteiger partial charge is 0.354 e. The van der Waals surface area contributed by atoms with Crippen molar-refractivity contribution < 1.29 is 0 Å². The van der Waals surface area contributed by atoms with Gasteiger partial charge in [0.05, 0.1) is 22.8 Å². The van der Waals surface area contributed by atoms with E-state index in [4.69, 9.17) is 4.98 Å². The van der Waals surface area contributed by atoms with Crippen LogP contribution in [0.1, 0.15) is 27.8 Å². The zero-order valence-electron chi connectivity index (χ0n) is 33.5. The van der Waals surface area contributed by atoms with E-state index in [1.807, 2.05) is 66.7 Å². The van der Waals surface area contributed by atoms with Gasteiger partial charge in [-0.2, -0.15) is 0 Å². The summed E-state index contributed by atoms with van der Waals surface area (Å²) in [6.07, 6.45) is 2.23. The summed E-state index contributed by atoms with van der Waals surface area (Å²) in [5.74, 6) is 0. The smallest absolute Gasteiger partial charge is 0.0715 e. The van der Waals surface area contributed by atoms with E-state index in [-0.39, 0.29) is 0 Å². The fourth-order valence-corrected chi connectivity index (χ4v) is 8.17. The number of hydrogen-bond donors (Lipinski definition) is 2. The van der Waals surface area contributed by atoms with E-state index in [1.165, 1.54) is 0 Å². The molecule has 1 aliphatic rings. The molecule has 0 aliphatic carbocycles. The van der Waals surface area contributed by atoms with Crippen LogP contribution in [0.15, 0.2) is 231 Å². The van der Waals surface area contributed by atoms with Gasteiger partial charge in [0.1, 0.15) is 0 Å². The number of hydrogen-bond acceptors (Lipinski definition) is 3. The Labute approximate surface area is 357 Å². The maximum Gasteiger partial charge on any atom is 0.0715 e. The van der Waals surface area contributed by atoms with E-state index in [1.54, 1.807) is 0 Å². The van der Waals surface area contributed by atoms with Crippen molar-refractivity contribution in [3.63, 3.8) is 0 Å². The lowest BCUT2D eigenvalue weighted by Crippen LogP contribution is -2.20. The number of rotatable bonds is 9. The van der Waals surface area contributed by atoms with Crippen molar-refractivity contribution in [2.75, 3.05) is 0 Å². The zero-order chi connectivity index (χ0) is 41.0. The van der Waals surface area contributed by atoms with Crippen LogP contribution in [-0.4, -0.2) is 10.7 Å². The van der Waals surface area contributed by atoms with Crippen LogP contribution in [0.25, 0.3) is 78.9 Å². The predicted octanol–water partition coefficient (Wildman–Crippen LogP) is 14.5. The lowest BCUT2D eigenvalue weighted by molar-refractivity contribution is 1.22. The summed E-state index contributed by atoms with van der Waals surface area (Å²) in [4.78, 5) is 5.09. The molecule has 3 heteroatoms. The molecule has 0 fully saturated rings. The molecule has 0 saturated heterocycles. The minimum Gasteiger partial charge on any atom is -0.354 e. The lowest BCUT2D eigenvalue weighted by Gasteiger charge is -2.26. The second-order valence-electron chi connectivity index (χ2n) is 15.2. The molecule has 9 aromatic rings. The molecule has 1 aromatic heterocycles. The number of benzene rings is 8. The first-order valence-electron chi connectivity index (χ1n) is 20.6. The molecule has 0 radical (unpaired) electrons. The average molecular weight is 780 g/mol. The van der Waals surface area contributed by atoms with Gasteiger partial charge in [0.2, 0.25) is 0 Å². The molecule has 1 aliphatic heterocycles. The molecule has 61 heavy (non-hydrogen) atoms. The Kier molecular flexibility index (Phi) is 10.1. The number of aromatic nitrogens is 1. The van der Waals surface area contributed by atoms with E-state index in [0.29, 0.717) is 5.71 Å². The monoisotopic (exact) mass is 779 g/mol. The molecular formula is C58H41N3. The van der Waals surface area contributed by atoms with Gasteiger partial charge >= 0.3 is 0 Å². The SMILES string of the molecule is N=C(/C(=C1\NC(c2ccccc2)=Cc2cc(-c3ccc(-c4cccc(-c5cc(-c6ccccc6)nc(-c6ccccc6)c5)c4)cc3)ccc21)c1ccccc1)c1ccccc1. The van der Waals surface area contributed by atoms with Crippen molar-refractivity contribution in [3.8, 4) is 55.9 Å². The van der Waals surface area contributed by atoms with Crippen LogP contribution in [0.4, 0.5) is 0 Å². The Morgan fingerprint density at radius 2 is 0.803 bits per heavy atom. The molecule has 10 rings (SSSR count). The van der Waals surface area contributed by atoms with Gasteiger partial charge < -0.3 is 5.32 Å². The average Bonchev–Trinajstić information content (AvgIpc) is 3.35. The fraction of sp³-hybridized carbons (Fsp3) is 0. The molecule has 8 aromatic carbocycles. The fourth-order valence-electron chi connectivity index (χ4n) is 8.17. The summed E-state index contributed by atoms with van der Waals surface area (Å²) in [5.41, 5.74) is 19.2. The molecule has 0 amide bonds. The molecule has 0 atom stereocenters. The van der Waals surface area contributed by atoms with Crippen LogP contribution >= 0.6 is 0 Å². The molecule has 2 N–H and O–H groups in total. The van der Waals surface area contributed by atoms with Gasteiger partial charge in [0.25, 0.3) is 0 Å². The Hall–Kier alpha value is -8.14. The van der Waals surface area contributed by atoms with Crippen LogP contribution in [0.5, 0.6) is 0 Å². The highest BCUT2D eigenvalue weighted by Gasteiger charge is 2.24. The van der Waals surface area contributed by atoms with Gasteiger partial charge in [-0.3, -0.25) is 5.41 Å². The molecule has 2 heterocycles. The number of pyridine rings is 1. The third-order valence-electron chi connectivity index (χ3n) is 11.3. The van der Waals surface area contributed by atoms with E-state index in [0.717, 1.165) is 101 Å². The number of fused-ring (bicyclic) bond motifs is 1. The van der Waals surface area contributed by atoms with E-state index >= 15 is 0 Å². The Morgan fingerprint density at radius 1 is 0.361 bits per heavy atom. The van der Waals surface area contributed by atoms with Crippen LogP contribution in [-0.2, 0) is 0 Å². The van der Waals surface area contributed by atoms with Crippen molar-refractivity contribution in [3.05, 3.63) is 258 Å². The zero-order valence-corrected chi connectivity index (χ0v) is 33.5. The van der Waals surface area contributed by atoms with Crippen molar-refractivity contribution in [2.24, 2.45) is 0 Å².